The average Bonchev–Trinajstić information content (AvgIpc) is 3.34. The zero-order valence-electron chi connectivity index (χ0n) is 16.4. The summed E-state index contributed by atoms with van der Waals surface area (Å²) in [5.41, 5.74) is 0.739. The molecule has 7 heteroatoms. The second kappa shape index (κ2) is 7.59. The smallest absolute Gasteiger partial charge is 0.325 e. The number of rotatable bonds is 7. The Kier molecular flexibility index (Phi) is 4.94. The third-order valence-electron chi connectivity index (χ3n) is 6.80. The lowest BCUT2D eigenvalue weighted by atomic mass is 9.49. The normalized spacial score (nSPS) is 29.7. The van der Waals surface area contributed by atoms with Crippen LogP contribution in [0.25, 0.3) is 10.8 Å². The Labute approximate surface area is 174 Å². The van der Waals surface area contributed by atoms with Crippen molar-refractivity contribution in [2.45, 2.75) is 51.6 Å². The van der Waals surface area contributed by atoms with Gasteiger partial charge >= 0.3 is 5.97 Å². The van der Waals surface area contributed by atoms with E-state index in [4.69, 9.17) is 9.15 Å². The van der Waals surface area contributed by atoms with Crippen LogP contribution in [0.15, 0.2) is 28.2 Å². The van der Waals surface area contributed by atoms with Crippen LogP contribution in [-0.2, 0) is 20.9 Å². The van der Waals surface area contributed by atoms with Crippen LogP contribution in [0.3, 0.4) is 0 Å². The second-order valence-electron chi connectivity index (χ2n) is 9.15. The lowest BCUT2D eigenvalue weighted by Gasteiger charge is -2.56. The Morgan fingerprint density at radius 1 is 1.21 bits per heavy atom. The van der Waals surface area contributed by atoms with E-state index in [9.17, 15) is 9.59 Å². The first kappa shape index (κ1) is 18.9. The average molecular weight is 415 g/mol. The van der Waals surface area contributed by atoms with Crippen molar-refractivity contribution in [2.24, 2.45) is 23.2 Å². The molecule has 0 radical (unpaired) electrons. The number of hydrogen-bond acceptors (Lipinski definition) is 6. The van der Waals surface area contributed by atoms with Gasteiger partial charge in [0.1, 0.15) is 25.1 Å². The zero-order valence-corrected chi connectivity index (χ0v) is 17.2. The van der Waals surface area contributed by atoms with E-state index in [0.717, 1.165) is 22.6 Å². The largest absolute Gasteiger partial charge is 0.458 e. The van der Waals surface area contributed by atoms with Gasteiger partial charge in [0.05, 0.1) is 4.88 Å². The van der Waals surface area contributed by atoms with Gasteiger partial charge in [-0.15, -0.1) is 11.3 Å². The maximum Gasteiger partial charge on any atom is 0.325 e. The molecule has 0 atom stereocenters. The summed E-state index contributed by atoms with van der Waals surface area (Å²) in [5.74, 6) is 2.51. The van der Waals surface area contributed by atoms with Crippen LogP contribution in [0, 0.1) is 23.2 Å². The molecule has 1 N–H and O–H groups in total. The summed E-state index contributed by atoms with van der Waals surface area (Å²) in [6.07, 6.45) is 9.71. The summed E-state index contributed by atoms with van der Waals surface area (Å²) in [6, 6.07) is 3.85. The first-order valence-electron chi connectivity index (χ1n) is 10.5. The van der Waals surface area contributed by atoms with E-state index in [1.165, 1.54) is 56.1 Å². The molecule has 2 aromatic rings. The SMILES string of the molecule is O=C(CC12CC3CC(CC(C3)C1)C2)NCC(=O)OCc1coc(-c2cccs2)n1. The Balaban J connectivity index is 1.07. The van der Waals surface area contributed by atoms with Crippen molar-refractivity contribution >= 4 is 23.2 Å². The van der Waals surface area contributed by atoms with E-state index in [1.807, 2.05) is 17.5 Å². The highest BCUT2D eigenvalue weighted by molar-refractivity contribution is 7.13. The van der Waals surface area contributed by atoms with Crippen LogP contribution < -0.4 is 5.32 Å². The molecule has 1 amide bonds. The van der Waals surface area contributed by atoms with E-state index in [2.05, 4.69) is 10.3 Å². The summed E-state index contributed by atoms with van der Waals surface area (Å²) in [5, 5.41) is 4.72. The van der Waals surface area contributed by atoms with Gasteiger partial charge in [0.2, 0.25) is 11.8 Å². The van der Waals surface area contributed by atoms with Gasteiger partial charge in [0.15, 0.2) is 0 Å². The van der Waals surface area contributed by atoms with E-state index >= 15 is 0 Å². The molecule has 2 aromatic heterocycles. The monoisotopic (exact) mass is 414 g/mol. The zero-order chi connectivity index (χ0) is 19.8. The highest BCUT2D eigenvalue weighted by Gasteiger charge is 2.51. The minimum atomic E-state index is -0.454. The van der Waals surface area contributed by atoms with E-state index in [-0.39, 0.29) is 24.5 Å². The number of amides is 1. The number of nitrogens with one attached hydrogen (secondary N) is 1. The molecular formula is C22H26N2O4S. The molecule has 0 aromatic carbocycles. The second-order valence-corrected chi connectivity index (χ2v) is 10.1. The van der Waals surface area contributed by atoms with E-state index < -0.39 is 5.97 Å². The van der Waals surface area contributed by atoms with Gasteiger partial charge in [-0.25, -0.2) is 4.98 Å². The van der Waals surface area contributed by atoms with Crippen LogP contribution in [-0.4, -0.2) is 23.4 Å². The summed E-state index contributed by atoms with van der Waals surface area (Å²) < 4.78 is 10.6. The molecule has 29 heavy (non-hydrogen) atoms. The molecule has 4 aliphatic rings. The molecule has 4 saturated carbocycles. The lowest BCUT2D eigenvalue weighted by molar-refractivity contribution is -0.146. The molecule has 0 unspecified atom stereocenters. The standard InChI is InChI=1S/C22H26N2O4S/c25-19(10-22-7-14-4-15(8-22)6-16(5-14)9-22)23-11-20(26)27-12-17-13-28-21(24-17)18-2-1-3-29-18/h1-3,13-16H,4-12H2,(H,23,25). The number of thiophene rings is 1. The minimum Gasteiger partial charge on any atom is -0.458 e. The molecule has 6 nitrogen and oxygen atoms in total. The molecule has 0 spiro atoms. The first-order chi connectivity index (χ1) is 14.1. The van der Waals surface area contributed by atoms with E-state index in [1.54, 1.807) is 0 Å². The quantitative estimate of drug-likeness (QED) is 0.688. The number of carbonyl (C=O) groups is 2. The maximum atomic E-state index is 12.5. The van der Waals surface area contributed by atoms with Crippen LogP contribution in [0.4, 0.5) is 0 Å². The number of carbonyl (C=O) groups excluding carboxylic acids is 2. The molecule has 154 valence electrons. The van der Waals surface area contributed by atoms with Crippen molar-refractivity contribution in [3.8, 4) is 10.8 Å². The minimum absolute atomic E-state index is 0.0229. The van der Waals surface area contributed by atoms with Crippen molar-refractivity contribution in [1.82, 2.24) is 10.3 Å². The van der Waals surface area contributed by atoms with Crippen LogP contribution in [0.2, 0.25) is 0 Å². The van der Waals surface area contributed by atoms with Crippen LogP contribution in [0.1, 0.15) is 50.6 Å². The number of oxazole rings is 1. The number of esters is 1. The van der Waals surface area contributed by atoms with Gasteiger partial charge < -0.3 is 14.5 Å². The fourth-order valence-electron chi connectivity index (χ4n) is 6.17. The highest BCUT2D eigenvalue weighted by Crippen LogP contribution is 2.61. The topological polar surface area (TPSA) is 81.4 Å². The van der Waals surface area contributed by atoms with Crippen molar-refractivity contribution in [3.63, 3.8) is 0 Å². The molecule has 0 saturated heterocycles. The van der Waals surface area contributed by atoms with Gasteiger partial charge in [-0.2, -0.15) is 0 Å². The third-order valence-corrected chi connectivity index (χ3v) is 7.65. The first-order valence-corrected chi connectivity index (χ1v) is 11.4. The van der Waals surface area contributed by atoms with Crippen molar-refractivity contribution in [3.05, 3.63) is 29.5 Å². The van der Waals surface area contributed by atoms with E-state index in [0.29, 0.717) is 18.0 Å². The lowest BCUT2D eigenvalue weighted by Crippen LogP contribution is -2.48. The molecule has 4 fully saturated rings. The van der Waals surface area contributed by atoms with Gasteiger partial charge in [0.25, 0.3) is 0 Å². The summed E-state index contributed by atoms with van der Waals surface area (Å²) in [7, 11) is 0. The highest BCUT2D eigenvalue weighted by atomic mass is 32.1. The number of hydrogen-bond donors (Lipinski definition) is 1. The Morgan fingerprint density at radius 3 is 2.59 bits per heavy atom. The van der Waals surface area contributed by atoms with Gasteiger partial charge in [-0.05, 0) is 73.1 Å². The molecule has 2 heterocycles. The fraction of sp³-hybridized carbons (Fsp3) is 0.591. The van der Waals surface area contributed by atoms with Crippen molar-refractivity contribution in [2.75, 3.05) is 6.54 Å². The summed E-state index contributed by atoms with van der Waals surface area (Å²) in [6.45, 7) is -0.0562. The number of nitrogens with zero attached hydrogens (tertiary/aromatic N) is 1. The summed E-state index contributed by atoms with van der Waals surface area (Å²) in [4.78, 5) is 29.8. The number of aromatic nitrogens is 1. The molecule has 4 bridgehead atoms. The third kappa shape index (κ3) is 4.10. The predicted octanol–water partition coefficient (Wildman–Crippen LogP) is 4.17. The maximum absolute atomic E-state index is 12.5. The predicted molar refractivity (Wildman–Crippen MR) is 108 cm³/mol. The van der Waals surface area contributed by atoms with Gasteiger partial charge in [0, 0.05) is 6.42 Å². The van der Waals surface area contributed by atoms with Gasteiger partial charge in [-0.3, -0.25) is 9.59 Å². The van der Waals surface area contributed by atoms with Gasteiger partial charge in [-0.1, -0.05) is 6.07 Å². The Bertz CT molecular complexity index is 853. The van der Waals surface area contributed by atoms with Crippen molar-refractivity contribution < 1.29 is 18.7 Å². The fourth-order valence-corrected chi connectivity index (χ4v) is 6.83. The van der Waals surface area contributed by atoms with Crippen LogP contribution in [0.5, 0.6) is 0 Å². The van der Waals surface area contributed by atoms with Crippen molar-refractivity contribution in [1.29, 1.82) is 0 Å². The van der Waals surface area contributed by atoms with Crippen LogP contribution >= 0.6 is 11.3 Å². The molecule has 4 aliphatic carbocycles. The summed E-state index contributed by atoms with van der Waals surface area (Å²) >= 11 is 1.54. The molecular weight excluding hydrogens is 388 g/mol. The Hall–Kier alpha value is -2.15. The molecule has 6 rings (SSSR count). The Morgan fingerprint density at radius 2 is 1.93 bits per heavy atom. The molecule has 0 aliphatic heterocycles. The number of ether oxygens (including phenoxy) is 1.